The van der Waals surface area contributed by atoms with Gasteiger partial charge in [0.2, 0.25) is 0 Å². The zero-order valence-corrected chi connectivity index (χ0v) is 12.2. The van der Waals surface area contributed by atoms with Gasteiger partial charge in [-0.25, -0.2) is 0 Å². The van der Waals surface area contributed by atoms with Crippen molar-refractivity contribution in [3.8, 4) is 5.75 Å². The van der Waals surface area contributed by atoms with Crippen molar-refractivity contribution >= 4 is 0 Å². The summed E-state index contributed by atoms with van der Waals surface area (Å²) in [7, 11) is 0. The van der Waals surface area contributed by atoms with E-state index in [1.54, 1.807) is 0 Å². The van der Waals surface area contributed by atoms with E-state index in [4.69, 9.17) is 0 Å². The highest BCUT2D eigenvalue weighted by atomic mass is 16.3. The van der Waals surface area contributed by atoms with Gasteiger partial charge in [0, 0.05) is 12.1 Å². The maximum atomic E-state index is 10.1. The Labute approximate surface area is 121 Å². The number of nitrogens with zero attached hydrogens (tertiary/aromatic N) is 1. The molecular formula is C18H25NO. The first-order valence-corrected chi connectivity index (χ1v) is 8.41. The lowest BCUT2D eigenvalue weighted by molar-refractivity contribution is 0.0584. The molecule has 20 heavy (non-hydrogen) atoms. The molecule has 1 saturated carbocycles. The van der Waals surface area contributed by atoms with Gasteiger partial charge in [0.15, 0.2) is 0 Å². The molecule has 2 fully saturated rings. The van der Waals surface area contributed by atoms with Crippen LogP contribution >= 0.6 is 0 Å². The van der Waals surface area contributed by atoms with Gasteiger partial charge in [-0.3, -0.25) is 4.90 Å². The standard InChI is InChI=1S/C18H25NO/c20-18-11-3-7-14-15(18)8-2-10-17(14)19-12-4-6-13-5-1-9-16(13)19/h3,7,11,13,16-17,20H,1-2,4-6,8-10,12H2. The van der Waals surface area contributed by atoms with Crippen molar-refractivity contribution in [3.05, 3.63) is 29.3 Å². The minimum absolute atomic E-state index is 0.521. The van der Waals surface area contributed by atoms with Gasteiger partial charge >= 0.3 is 0 Å². The number of fused-ring (bicyclic) bond motifs is 2. The van der Waals surface area contributed by atoms with Crippen LogP contribution in [0.1, 0.15) is 62.1 Å². The Morgan fingerprint density at radius 3 is 2.85 bits per heavy atom. The maximum Gasteiger partial charge on any atom is 0.119 e. The van der Waals surface area contributed by atoms with Crippen LogP contribution in [0.3, 0.4) is 0 Å². The highest BCUT2D eigenvalue weighted by Crippen LogP contribution is 2.45. The number of phenolic OH excluding ortho intramolecular Hbond substituents is 1. The van der Waals surface area contributed by atoms with E-state index in [0.717, 1.165) is 18.4 Å². The minimum atomic E-state index is 0.521. The first-order valence-electron chi connectivity index (χ1n) is 8.41. The summed E-state index contributed by atoms with van der Waals surface area (Å²) < 4.78 is 0. The second-order valence-corrected chi connectivity index (χ2v) is 6.89. The monoisotopic (exact) mass is 271 g/mol. The van der Waals surface area contributed by atoms with Gasteiger partial charge in [-0.2, -0.15) is 0 Å². The van der Waals surface area contributed by atoms with E-state index >= 15 is 0 Å². The Morgan fingerprint density at radius 1 is 1.00 bits per heavy atom. The molecule has 0 radical (unpaired) electrons. The highest BCUT2D eigenvalue weighted by Gasteiger charge is 2.39. The van der Waals surface area contributed by atoms with Crippen molar-refractivity contribution in [1.82, 2.24) is 4.90 Å². The van der Waals surface area contributed by atoms with Crippen LogP contribution in [0.5, 0.6) is 5.75 Å². The number of benzene rings is 1. The summed E-state index contributed by atoms with van der Waals surface area (Å²) in [6.07, 6.45) is 10.6. The van der Waals surface area contributed by atoms with E-state index in [1.807, 2.05) is 12.1 Å². The smallest absolute Gasteiger partial charge is 0.119 e. The van der Waals surface area contributed by atoms with E-state index in [2.05, 4.69) is 11.0 Å². The van der Waals surface area contributed by atoms with Crippen molar-refractivity contribution in [2.24, 2.45) is 5.92 Å². The number of hydrogen-bond donors (Lipinski definition) is 1. The van der Waals surface area contributed by atoms with E-state index in [1.165, 1.54) is 62.6 Å². The summed E-state index contributed by atoms with van der Waals surface area (Å²) in [5, 5.41) is 10.1. The van der Waals surface area contributed by atoms with Gasteiger partial charge in [-0.05, 0) is 74.6 Å². The predicted molar refractivity (Wildman–Crippen MR) is 80.9 cm³/mol. The lowest BCUT2D eigenvalue weighted by Gasteiger charge is -2.45. The maximum absolute atomic E-state index is 10.1. The summed E-state index contributed by atoms with van der Waals surface area (Å²) >= 11 is 0. The first-order chi connectivity index (χ1) is 9.84. The third kappa shape index (κ3) is 1.96. The van der Waals surface area contributed by atoms with E-state index in [9.17, 15) is 5.11 Å². The summed E-state index contributed by atoms with van der Waals surface area (Å²) in [6.45, 7) is 1.26. The van der Waals surface area contributed by atoms with E-state index < -0.39 is 0 Å². The van der Waals surface area contributed by atoms with E-state index in [-0.39, 0.29) is 0 Å². The number of piperidine rings is 1. The fourth-order valence-corrected chi connectivity index (χ4v) is 5.03. The van der Waals surface area contributed by atoms with Crippen LogP contribution in [0, 0.1) is 5.92 Å². The van der Waals surface area contributed by atoms with Crippen LogP contribution in [0.25, 0.3) is 0 Å². The molecule has 1 aromatic rings. The van der Waals surface area contributed by atoms with Crippen molar-refractivity contribution in [3.63, 3.8) is 0 Å². The predicted octanol–water partition coefficient (Wildman–Crippen LogP) is 4.03. The Kier molecular flexibility index (Phi) is 3.22. The zero-order valence-electron chi connectivity index (χ0n) is 12.2. The zero-order chi connectivity index (χ0) is 13.5. The topological polar surface area (TPSA) is 23.5 Å². The molecular weight excluding hydrogens is 246 g/mol. The lowest BCUT2D eigenvalue weighted by Crippen LogP contribution is -2.45. The molecule has 1 aliphatic heterocycles. The average Bonchev–Trinajstić information content (AvgIpc) is 2.96. The van der Waals surface area contributed by atoms with Gasteiger partial charge < -0.3 is 5.11 Å². The van der Waals surface area contributed by atoms with Crippen LogP contribution in [0.4, 0.5) is 0 Å². The van der Waals surface area contributed by atoms with Gasteiger partial charge in [0.25, 0.3) is 0 Å². The Balaban J connectivity index is 1.68. The Bertz CT molecular complexity index is 498. The molecule has 1 saturated heterocycles. The van der Waals surface area contributed by atoms with Crippen LogP contribution in [0.15, 0.2) is 18.2 Å². The molecule has 0 bridgehead atoms. The van der Waals surface area contributed by atoms with Crippen LogP contribution < -0.4 is 0 Å². The quantitative estimate of drug-likeness (QED) is 0.833. The number of likely N-dealkylation sites (tertiary alicyclic amines) is 1. The third-order valence-corrected chi connectivity index (χ3v) is 5.89. The van der Waals surface area contributed by atoms with Crippen LogP contribution in [-0.4, -0.2) is 22.6 Å². The van der Waals surface area contributed by atoms with Crippen LogP contribution in [0.2, 0.25) is 0 Å². The van der Waals surface area contributed by atoms with Gasteiger partial charge in [0.1, 0.15) is 5.75 Å². The third-order valence-electron chi connectivity index (χ3n) is 5.89. The SMILES string of the molecule is Oc1cccc2c1CCCC2N1CCCC2CCCC21. The summed E-state index contributed by atoms with van der Waals surface area (Å²) in [4.78, 5) is 2.80. The minimum Gasteiger partial charge on any atom is -0.508 e. The van der Waals surface area contributed by atoms with Crippen molar-refractivity contribution in [2.45, 2.75) is 63.5 Å². The molecule has 3 atom stereocenters. The molecule has 1 heterocycles. The summed E-state index contributed by atoms with van der Waals surface area (Å²) in [5.74, 6) is 1.47. The van der Waals surface area contributed by atoms with Crippen molar-refractivity contribution < 1.29 is 5.11 Å². The van der Waals surface area contributed by atoms with E-state index in [0.29, 0.717) is 11.8 Å². The lowest BCUT2D eigenvalue weighted by atomic mass is 9.82. The fraction of sp³-hybridized carbons (Fsp3) is 0.667. The molecule has 0 amide bonds. The number of rotatable bonds is 1. The van der Waals surface area contributed by atoms with Gasteiger partial charge in [0.05, 0.1) is 0 Å². The normalized spacial score (nSPS) is 33.7. The molecule has 4 rings (SSSR count). The molecule has 1 aromatic carbocycles. The fourth-order valence-electron chi connectivity index (χ4n) is 5.03. The van der Waals surface area contributed by atoms with Crippen LogP contribution in [-0.2, 0) is 6.42 Å². The summed E-state index contributed by atoms with van der Waals surface area (Å²) in [5.41, 5.74) is 2.65. The number of phenols is 1. The second-order valence-electron chi connectivity index (χ2n) is 6.89. The Hall–Kier alpha value is -1.02. The largest absolute Gasteiger partial charge is 0.508 e. The number of aromatic hydroxyl groups is 1. The average molecular weight is 271 g/mol. The molecule has 2 nitrogen and oxygen atoms in total. The first kappa shape index (κ1) is 12.7. The molecule has 2 aliphatic carbocycles. The molecule has 0 spiro atoms. The Morgan fingerprint density at radius 2 is 1.90 bits per heavy atom. The van der Waals surface area contributed by atoms with Gasteiger partial charge in [-0.1, -0.05) is 18.6 Å². The molecule has 2 heteroatoms. The molecule has 108 valence electrons. The molecule has 0 aromatic heterocycles. The van der Waals surface area contributed by atoms with Crippen molar-refractivity contribution in [2.75, 3.05) is 6.54 Å². The summed E-state index contributed by atoms with van der Waals surface area (Å²) in [6, 6.07) is 7.54. The highest BCUT2D eigenvalue weighted by molar-refractivity contribution is 5.42. The molecule has 3 unspecified atom stereocenters. The molecule has 1 N–H and O–H groups in total. The second kappa shape index (κ2) is 5.07. The van der Waals surface area contributed by atoms with Gasteiger partial charge in [-0.15, -0.1) is 0 Å². The molecule has 3 aliphatic rings. The number of hydrogen-bond acceptors (Lipinski definition) is 2. The van der Waals surface area contributed by atoms with Crippen molar-refractivity contribution in [1.29, 1.82) is 0 Å².